The van der Waals surface area contributed by atoms with Gasteiger partial charge in [-0.15, -0.1) is 0 Å². The lowest BCUT2D eigenvalue weighted by atomic mass is 10.1. The highest BCUT2D eigenvalue weighted by Crippen LogP contribution is 2.23. The number of likely N-dealkylation sites (N-methyl/N-ethyl adjacent to an activating group) is 1. The molecule has 1 aromatic carbocycles. The van der Waals surface area contributed by atoms with Crippen LogP contribution >= 0.6 is 0 Å². The summed E-state index contributed by atoms with van der Waals surface area (Å²) in [6.07, 6.45) is -2.71. The summed E-state index contributed by atoms with van der Waals surface area (Å²) in [6.45, 7) is 1.59. The van der Waals surface area contributed by atoms with E-state index in [1.807, 2.05) is 26.2 Å². The number of aromatic nitrogens is 1. The van der Waals surface area contributed by atoms with Gasteiger partial charge in [0.25, 0.3) is 0 Å². The third kappa shape index (κ3) is 4.75. The third-order valence-corrected chi connectivity index (χ3v) is 3.25. The van der Waals surface area contributed by atoms with Crippen molar-refractivity contribution in [3.8, 4) is 0 Å². The monoisotopic (exact) mass is 299 g/mol. The summed E-state index contributed by atoms with van der Waals surface area (Å²) in [5.74, 6) is 0. The van der Waals surface area contributed by atoms with Crippen molar-refractivity contribution in [2.75, 3.05) is 27.2 Å². The molecule has 0 unspecified atom stereocenters. The number of nitrogens with one attached hydrogen (secondary N) is 1. The number of benzene rings is 1. The van der Waals surface area contributed by atoms with Crippen LogP contribution in [0.3, 0.4) is 0 Å². The second kappa shape index (κ2) is 6.49. The van der Waals surface area contributed by atoms with Crippen molar-refractivity contribution in [2.24, 2.45) is 0 Å². The average molecular weight is 299 g/mol. The fourth-order valence-electron chi connectivity index (χ4n) is 2.23. The van der Waals surface area contributed by atoms with E-state index in [4.69, 9.17) is 0 Å². The van der Waals surface area contributed by atoms with Crippen LogP contribution in [-0.4, -0.2) is 42.8 Å². The van der Waals surface area contributed by atoms with Gasteiger partial charge in [-0.3, -0.25) is 0 Å². The fraction of sp³-hybridized carbons (Fsp3) is 0.467. The summed E-state index contributed by atoms with van der Waals surface area (Å²) < 4.78 is 38.6. The first kappa shape index (κ1) is 15.9. The van der Waals surface area contributed by atoms with Crippen LogP contribution in [0.1, 0.15) is 5.56 Å². The molecule has 0 spiro atoms. The van der Waals surface area contributed by atoms with Crippen molar-refractivity contribution in [3.63, 3.8) is 0 Å². The Bertz CT molecular complexity index is 587. The molecule has 2 rings (SSSR count). The maximum atomic E-state index is 12.5. The number of rotatable bonds is 6. The van der Waals surface area contributed by atoms with Crippen LogP contribution < -0.4 is 5.32 Å². The van der Waals surface area contributed by atoms with Crippen LogP contribution in [-0.2, 0) is 13.1 Å². The van der Waals surface area contributed by atoms with E-state index in [9.17, 15) is 13.2 Å². The van der Waals surface area contributed by atoms with E-state index >= 15 is 0 Å². The Balaban J connectivity index is 2.02. The summed E-state index contributed by atoms with van der Waals surface area (Å²) >= 11 is 0. The molecule has 2 aromatic rings. The van der Waals surface area contributed by atoms with Crippen molar-refractivity contribution in [1.82, 2.24) is 14.8 Å². The Labute approximate surface area is 122 Å². The number of hydrogen-bond donors (Lipinski definition) is 1. The third-order valence-electron chi connectivity index (χ3n) is 3.25. The topological polar surface area (TPSA) is 20.2 Å². The molecule has 116 valence electrons. The summed E-state index contributed by atoms with van der Waals surface area (Å²) in [7, 11) is 4.02. The van der Waals surface area contributed by atoms with Crippen molar-refractivity contribution in [2.45, 2.75) is 19.3 Å². The van der Waals surface area contributed by atoms with E-state index in [1.165, 1.54) is 10.8 Å². The molecule has 0 bridgehead atoms. The first-order valence-electron chi connectivity index (χ1n) is 6.85. The van der Waals surface area contributed by atoms with E-state index in [1.54, 1.807) is 12.1 Å². The Morgan fingerprint density at radius 1 is 1.19 bits per heavy atom. The van der Waals surface area contributed by atoms with E-state index in [2.05, 4.69) is 10.2 Å². The number of hydrogen-bond acceptors (Lipinski definition) is 2. The lowest BCUT2D eigenvalue weighted by Crippen LogP contribution is -2.26. The zero-order valence-electron chi connectivity index (χ0n) is 12.2. The second-order valence-corrected chi connectivity index (χ2v) is 5.43. The molecule has 0 aliphatic heterocycles. The van der Waals surface area contributed by atoms with E-state index in [0.29, 0.717) is 12.1 Å². The van der Waals surface area contributed by atoms with Crippen LogP contribution in [0.5, 0.6) is 0 Å². The van der Waals surface area contributed by atoms with Gasteiger partial charge in [-0.25, -0.2) is 0 Å². The molecule has 0 radical (unpaired) electrons. The summed E-state index contributed by atoms with van der Waals surface area (Å²) in [4.78, 5) is 2.09. The second-order valence-electron chi connectivity index (χ2n) is 5.43. The molecule has 1 aromatic heterocycles. The maximum Gasteiger partial charge on any atom is 0.406 e. The number of halogens is 3. The van der Waals surface area contributed by atoms with Crippen LogP contribution in [0.4, 0.5) is 13.2 Å². The predicted molar refractivity (Wildman–Crippen MR) is 78.3 cm³/mol. The van der Waals surface area contributed by atoms with Crippen LogP contribution in [0.2, 0.25) is 0 Å². The molecule has 0 saturated carbocycles. The lowest BCUT2D eigenvalue weighted by molar-refractivity contribution is -0.139. The van der Waals surface area contributed by atoms with Gasteiger partial charge in [-0.2, -0.15) is 13.2 Å². The van der Waals surface area contributed by atoms with E-state index in [0.717, 1.165) is 24.0 Å². The molecule has 0 fully saturated rings. The smallest absolute Gasteiger partial charge is 0.338 e. The van der Waals surface area contributed by atoms with Gasteiger partial charge in [0.2, 0.25) is 0 Å². The summed E-state index contributed by atoms with van der Waals surface area (Å²) in [5, 5.41) is 4.15. The standard InChI is InChI=1S/C15H20F3N3/c1-20(2)8-6-19-10-12-3-4-14-13(9-12)5-7-21(14)11-15(16,17)18/h3-5,7,9,19H,6,8,10-11H2,1-2H3. The molecular formula is C15H20F3N3. The number of fused-ring (bicyclic) bond motifs is 1. The molecule has 0 atom stereocenters. The Kier molecular flexibility index (Phi) is 4.90. The van der Waals surface area contributed by atoms with Gasteiger partial charge < -0.3 is 14.8 Å². The first-order valence-corrected chi connectivity index (χ1v) is 6.85. The van der Waals surface area contributed by atoms with Gasteiger partial charge in [0, 0.05) is 31.3 Å². The minimum atomic E-state index is -4.20. The SMILES string of the molecule is CN(C)CCNCc1ccc2c(ccn2CC(F)(F)F)c1. The molecule has 0 saturated heterocycles. The van der Waals surface area contributed by atoms with Gasteiger partial charge in [0.15, 0.2) is 0 Å². The van der Waals surface area contributed by atoms with Gasteiger partial charge >= 0.3 is 6.18 Å². The maximum absolute atomic E-state index is 12.5. The summed E-state index contributed by atoms with van der Waals surface area (Å²) in [6, 6.07) is 7.29. The molecule has 3 nitrogen and oxygen atoms in total. The molecular weight excluding hydrogens is 279 g/mol. The highest BCUT2D eigenvalue weighted by molar-refractivity contribution is 5.80. The minimum Gasteiger partial charge on any atom is -0.338 e. The molecule has 21 heavy (non-hydrogen) atoms. The molecule has 0 aliphatic rings. The van der Waals surface area contributed by atoms with E-state index in [-0.39, 0.29) is 0 Å². The van der Waals surface area contributed by atoms with E-state index < -0.39 is 12.7 Å². The molecule has 1 N–H and O–H groups in total. The van der Waals surface area contributed by atoms with Crippen LogP contribution in [0.15, 0.2) is 30.5 Å². The first-order chi connectivity index (χ1) is 9.85. The zero-order valence-corrected chi connectivity index (χ0v) is 12.2. The van der Waals surface area contributed by atoms with Crippen molar-refractivity contribution < 1.29 is 13.2 Å². The molecule has 1 heterocycles. The molecule has 6 heteroatoms. The largest absolute Gasteiger partial charge is 0.406 e. The van der Waals surface area contributed by atoms with Crippen molar-refractivity contribution >= 4 is 10.9 Å². The predicted octanol–water partition coefficient (Wildman–Crippen LogP) is 2.85. The lowest BCUT2D eigenvalue weighted by Gasteiger charge is -2.11. The number of alkyl halides is 3. The van der Waals surface area contributed by atoms with Gasteiger partial charge in [-0.1, -0.05) is 6.07 Å². The van der Waals surface area contributed by atoms with Crippen LogP contribution in [0.25, 0.3) is 10.9 Å². The fourth-order valence-corrected chi connectivity index (χ4v) is 2.23. The Morgan fingerprint density at radius 2 is 1.95 bits per heavy atom. The molecule has 0 amide bonds. The minimum absolute atomic E-state index is 0.615. The van der Waals surface area contributed by atoms with Crippen molar-refractivity contribution in [1.29, 1.82) is 0 Å². The highest BCUT2D eigenvalue weighted by atomic mass is 19.4. The number of nitrogens with zero attached hydrogens (tertiary/aromatic N) is 2. The average Bonchev–Trinajstić information content (AvgIpc) is 2.75. The van der Waals surface area contributed by atoms with Gasteiger partial charge in [0.1, 0.15) is 6.54 Å². The Morgan fingerprint density at radius 3 is 2.62 bits per heavy atom. The van der Waals surface area contributed by atoms with Gasteiger partial charge in [-0.05, 0) is 43.2 Å². The quantitative estimate of drug-likeness (QED) is 0.828. The van der Waals surface area contributed by atoms with Crippen LogP contribution in [0, 0.1) is 0 Å². The highest BCUT2D eigenvalue weighted by Gasteiger charge is 2.28. The normalized spacial score (nSPS) is 12.5. The van der Waals surface area contributed by atoms with Gasteiger partial charge in [0.05, 0.1) is 0 Å². The summed E-state index contributed by atoms with van der Waals surface area (Å²) in [5.41, 5.74) is 1.69. The zero-order chi connectivity index (χ0) is 15.5. The van der Waals surface area contributed by atoms with Crippen molar-refractivity contribution in [3.05, 3.63) is 36.0 Å². The Hall–Kier alpha value is -1.53. The molecule has 0 aliphatic carbocycles.